The molecule has 27 heavy (non-hydrogen) atoms. The summed E-state index contributed by atoms with van der Waals surface area (Å²) in [5, 5.41) is 1.12. The number of nitrogens with zero attached hydrogens (tertiary/aromatic N) is 3. The maximum Gasteiger partial charge on any atom is 0.263 e. The summed E-state index contributed by atoms with van der Waals surface area (Å²) in [6.45, 7) is 3.13. The average Bonchev–Trinajstić information content (AvgIpc) is 3.34. The van der Waals surface area contributed by atoms with Gasteiger partial charge in [0.05, 0.1) is 23.3 Å². The molecular weight excluding hydrogens is 382 g/mol. The van der Waals surface area contributed by atoms with Gasteiger partial charge >= 0.3 is 0 Å². The maximum absolute atomic E-state index is 13.4. The predicted molar refractivity (Wildman–Crippen MR) is 109 cm³/mol. The molecule has 0 radical (unpaired) electrons. The fraction of sp³-hybridized carbons (Fsp3) is 0.632. The number of hydrogen-bond acceptors (Lipinski definition) is 6. The van der Waals surface area contributed by atoms with Gasteiger partial charge in [-0.3, -0.25) is 14.2 Å². The standard InChI is InChI=1S/C19H25N3O3S2/c1-11(17(23)21(2)3)26-19-20-16-15(13-7-4-8-14(13)27-16)18(24)22(19)10-12-6-5-9-25-12/h11-12H,4-10H2,1-3H3/t11-,12-/m0/s1. The second-order valence-corrected chi connectivity index (χ2v) is 9.87. The number of fused-ring (bicyclic) bond motifs is 3. The molecule has 3 heterocycles. The molecule has 0 saturated carbocycles. The summed E-state index contributed by atoms with van der Waals surface area (Å²) in [4.78, 5) is 34.3. The fourth-order valence-electron chi connectivity index (χ4n) is 3.87. The minimum absolute atomic E-state index is 0.0201. The van der Waals surface area contributed by atoms with E-state index in [-0.39, 0.29) is 22.8 Å². The van der Waals surface area contributed by atoms with E-state index in [0.717, 1.165) is 48.9 Å². The molecule has 146 valence electrons. The third kappa shape index (κ3) is 3.54. The average molecular weight is 408 g/mol. The van der Waals surface area contributed by atoms with Gasteiger partial charge in [0.25, 0.3) is 5.56 Å². The third-order valence-electron chi connectivity index (χ3n) is 5.27. The molecule has 1 amide bonds. The molecule has 6 nitrogen and oxygen atoms in total. The second-order valence-electron chi connectivity index (χ2n) is 7.48. The number of aryl methyl sites for hydroxylation is 2. The van der Waals surface area contributed by atoms with Gasteiger partial charge in [0, 0.05) is 25.6 Å². The fourth-order valence-corrected chi connectivity index (χ4v) is 6.24. The molecule has 2 atom stereocenters. The summed E-state index contributed by atoms with van der Waals surface area (Å²) in [6, 6.07) is 0. The van der Waals surface area contributed by atoms with Crippen LogP contribution in [0.5, 0.6) is 0 Å². The molecule has 1 saturated heterocycles. The molecule has 1 aliphatic heterocycles. The van der Waals surface area contributed by atoms with E-state index in [9.17, 15) is 9.59 Å². The monoisotopic (exact) mass is 407 g/mol. The van der Waals surface area contributed by atoms with E-state index in [0.29, 0.717) is 11.7 Å². The lowest BCUT2D eigenvalue weighted by Gasteiger charge is -2.19. The van der Waals surface area contributed by atoms with E-state index in [4.69, 9.17) is 9.72 Å². The van der Waals surface area contributed by atoms with Gasteiger partial charge in [-0.2, -0.15) is 0 Å². The Morgan fingerprint density at radius 3 is 2.93 bits per heavy atom. The van der Waals surface area contributed by atoms with Crippen molar-refractivity contribution in [2.75, 3.05) is 20.7 Å². The van der Waals surface area contributed by atoms with Crippen LogP contribution in [-0.2, 0) is 28.9 Å². The number of thiophene rings is 1. The van der Waals surface area contributed by atoms with Crippen LogP contribution < -0.4 is 5.56 Å². The molecule has 2 aromatic heterocycles. The highest BCUT2D eigenvalue weighted by molar-refractivity contribution is 8.00. The molecular formula is C19H25N3O3S2. The Bertz CT molecular complexity index is 928. The van der Waals surface area contributed by atoms with E-state index in [2.05, 4.69) is 0 Å². The molecule has 2 aliphatic rings. The Kier molecular flexibility index (Phi) is 5.31. The number of rotatable bonds is 5. The smallest absolute Gasteiger partial charge is 0.263 e. The van der Waals surface area contributed by atoms with Crippen LogP contribution in [0.3, 0.4) is 0 Å². The largest absolute Gasteiger partial charge is 0.376 e. The van der Waals surface area contributed by atoms with Crippen molar-refractivity contribution in [1.29, 1.82) is 0 Å². The molecule has 0 aromatic carbocycles. The van der Waals surface area contributed by atoms with E-state index in [1.807, 2.05) is 6.92 Å². The number of amides is 1. The van der Waals surface area contributed by atoms with Gasteiger partial charge in [0.1, 0.15) is 4.83 Å². The highest BCUT2D eigenvalue weighted by Gasteiger charge is 2.27. The number of thioether (sulfide) groups is 1. The maximum atomic E-state index is 13.4. The first-order valence-corrected chi connectivity index (χ1v) is 11.2. The summed E-state index contributed by atoms with van der Waals surface area (Å²) in [5.41, 5.74) is 1.23. The summed E-state index contributed by atoms with van der Waals surface area (Å²) < 4.78 is 7.53. The van der Waals surface area contributed by atoms with Crippen LogP contribution in [0.15, 0.2) is 9.95 Å². The minimum atomic E-state index is -0.299. The molecule has 8 heteroatoms. The van der Waals surface area contributed by atoms with Crippen LogP contribution in [0.1, 0.15) is 36.6 Å². The van der Waals surface area contributed by atoms with Crippen LogP contribution in [0.4, 0.5) is 0 Å². The Morgan fingerprint density at radius 1 is 1.41 bits per heavy atom. The second kappa shape index (κ2) is 7.56. The van der Waals surface area contributed by atoms with E-state index in [1.54, 1.807) is 34.9 Å². The minimum Gasteiger partial charge on any atom is -0.376 e. The van der Waals surface area contributed by atoms with Crippen molar-refractivity contribution in [3.05, 3.63) is 20.8 Å². The van der Waals surface area contributed by atoms with E-state index in [1.165, 1.54) is 22.2 Å². The zero-order valence-electron chi connectivity index (χ0n) is 16.0. The quantitative estimate of drug-likeness (QED) is 0.563. The molecule has 4 rings (SSSR count). The van der Waals surface area contributed by atoms with Gasteiger partial charge < -0.3 is 9.64 Å². The molecule has 0 bridgehead atoms. The summed E-state index contributed by atoms with van der Waals surface area (Å²) in [7, 11) is 3.50. The lowest BCUT2D eigenvalue weighted by atomic mass is 10.2. The van der Waals surface area contributed by atoms with Crippen molar-refractivity contribution in [3.8, 4) is 0 Å². The first kappa shape index (κ1) is 19.0. The molecule has 2 aromatic rings. The van der Waals surface area contributed by atoms with Crippen molar-refractivity contribution < 1.29 is 9.53 Å². The highest BCUT2D eigenvalue weighted by Crippen LogP contribution is 2.36. The third-order valence-corrected chi connectivity index (χ3v) is 7.53. The van der Waals surface area contributed by atoms with E-state index < -0.39 is 0 Å². The first-order chi connectivity index (χ1) is 13.0. The van der Waals surface area contributed by atoms with Crippen LogP contribution in [0.2, 0.25) is 0 Å². The van der Waals surface area contributed by atoms with Gasteiger partial charge in [-0.25, -0.2) is 4.98 Å². The Morgan fingerprint density at radius 2 is 2.22 bits per heavy atom. The van der Waals surface area contributed by atoms with Crippen molar-refractivity contribution in [1.82, 2.24) is 14.5 Å². The van der Waals surface area contributed by atoms with Crippen molar-refractivity contribution in [3.63, 3.8) is 0 Å². The number of carbonyl (C=O) groups is 1. The zero-order chi connectivity index (χ0) is 19.1. The van der Waals surface area contributed by atoms with Gasteiger partial charge in [0.2, 0.25) is 5.91 Å². The molecule has 0 spiro atoms. The van der Waals surface area contributed by atoms with Crippen LogP contribution in [0.25, 0.3) is 10.2 Å². The SMILES string of the molecule is C[C@H](Sc1nc2sc3c(c2c(=O)n1C[C@@H]1CCCO1)CCC3)C(=O)N(C)C. The predicted octanol–water partition coefficient (Wildman–Crippen LogP) is 2.69. The van der Waals surface area contributed by atoms with E-state index >= 15 is 0 Å². The molecule has 1 aliphatic carbocycles. The molecule has 1 fully saturated rings. The van der Waals surface area contributed by atoms with Gasteiger partial charge in [-0.05, 0) is 44.6 Å². The van der Waals surface area contributed by atoms with Crippen molar-refractivity contribution >= 4 is 39.2 Å². The first-order valence-electron chi connectivity index (χ1n) is 9.50. The van der Waals surface area contributed by atoms with Crippen molar-refractivity contribution in [2.24, 2.45) is 0 Å². The number of carbonyl (C=O) groups excluding carboxylic acids is 1. The lowest BCUT2D eigenvalue weighted by Crippen LogP contribution is -2.32. The van der Waals surface area contributed by atoms with Crippen LogP contribution in [-0.4, -0.2) is 52.4 Å². The van der Waals surface area contributed by atoms with Gasteiger partial charge in [-0.15, -0.1) is 11.3 Å². The topological polar surface area (TPSA) is 64.4 Å². The summed E-state index contributed by atoms with van der Waals surface area (Å²) >= 11 is 3.02. The summed E-state index contributed by atoms with van der Waals surface area (Å²) in [5.74, 6) is 0.0201. The Labute approximate surface area is 166 Å². The molecule has 0 unspecified atom stereocenters. The van der Waals surface area contributed by atoms with Crippen LogP contribution >= 0.6 is 23.1 Å². The summed E-state index contributed by atoms with van der Waals surface area (Å²) in [6.07, 6.45) is 5.16. The van der Waals surface area contributed by atoms with Crippen molar-refractivity contribution in [2.45, 2.75) is 62.1 Å². The van der Waals surface area contributed by atoms with Crippen LogP contribution in [0, 0.1) is 0 Å². The Hall–Kier alpha value is -1.38. The van der Waals surface area contributed by atoms with Gasteiger partial charge in [0.15, 0.2) is 5.16 Å². The Balaban J connectivity index is 1.78. The number of hydrogen-bond donors (Lipinski definition) is 0. The normalized spacial score (nSPS) is 20.2. The highest BCUT2D eigenvalue weighted by atomic mass is 32.2. The van der Waals surface area contributed by atoms with Gasteiger partial charge in [-0.1, -0.05) is 11.8 Å². The molecule has 0 N–H and O–H groups in total. The lowest BCUT2D eigenvalue weighted by molar-refractivity contribution is -0.127. The zero-order valence-corrected chi connectivity index (χ0v) is 17.6. The number of ether oxygens (including phenoxy) is 1. The number of aromatic nitrogens is 2.